The van der Waals surface area contributed by atoms with Gasteiger partial charge in [-0.05, 0) is 113 Å². The second-order valence-corrected chi connectivity index (χ2v) is 21.6. The van der Waals surface area contributed by atoms with Crippen molar-refractivity contribution in [3.8, 4) is 0 Å². The number of nitrogens with zero attached hydrogens (tertiary/aromatic N) is 7. The van der Waals surface area contributed by atoms with E-state index in [9.17, 15) is 30.3 Å². The SMILES string of the molecule is CC[C@H]1OC(=O)[C@H](C)[C@@H](O[C@H]2C[C@@](C)(OC)[C@@H](O)[C@H](C)O2)[C@H](C)[C@@H](O[C@@H]2O[C@H](C)C[C@H](N(C)CCc3cn(CCCCc4ccc([N+]#N)cc4)nn3)[C@H]2O)[C@](C)(O)C[C@@H](C)CN(C)[C@H](C)[C@@H](O)[C@]1(C)O. The van der Waals surface area contributed by atoms with Crippen LogP contribution < -0.4 is 0 Å². The first-order chi connectivity index (χ1) is 32.8. The molecule has 0 aliphatic carbocycles. The number of rotatable bonds is 15. The van der Waals surface area contributed by atoms with Gasteiger partial charge in [-0.25, -0.2) is 0 Å². The Bertz CT molecular complexity index is 1990. The molecule has 3 saturated heterocycles. The van der Waals surface area contributed by atoms with Gasteiger partial charge in [0.05, 0.1) is 47.2 Å². The number of hydrogen-bond acceptors (Lipinski definition) is 17. The van der Waals surface area contributed by atoms with E-state index >= 15 is 0 Å². The summed E-state index contributed by atoms with van der Waals surface area (Å²) in [6, 6.07) is 6.53. The molecular weight excluding hydrogens is 903 g/mol. The van der Waals surface area contributed by atoms with Crippen LogP contribution in [0.2, 0.25) is 0 Å². The van der Waals surface area contributed by atoms with E-state index in [4.69, 9.17) is 33.8 Å². The van der Waals surface area contributed by atoms with Gasteiger partial charge < -0.3 is 63.8 Å². The number of carbonyl (C=O) groups excluding carboxylic acids is 1. The number of aryl methyl sites for hydroxylation is 2. The molecule has 3 aliphatic heterocycles. The minimum atomic E-state index is -1.83. The molecule has 0 unspecified atom stereocenters. The van der Waals surface area contributed by atoms with E-state index in [1.165, 1.54) is 19.6 Å². The summed E-state index contributed by atoms with van der Waals surface area (Å²) in [5.74, 6) is -2.76. The highest BCUT2D eigenvalue weighted by molar-refractivity contribution is 5.73. The number of hydrogen-bond donors (Lipinski definition) is 5. The number of diazo groups is 1. The number of aromatic nitrogens is 3. The average Bonchev–Trinajstić information content (AvgIpc) is 3.78. The summed E-state index contributed by atoms with van der Waals surface area (Å²) < 4.78 is 40.1. The minimum absolute atomic E-state index is 0.105. The quantitative estimate of drug-likeness (QED) is 0.0930. The predicted octanol–water partition coefficient (Wildman–Crippen LogP) is 4.61. The molecule has 18 atom stereocenters. The molecule has 0 saturated carbocycles. The normalized spacial score (nSPS) is 39.7. The molecule has 19 heteroatoms. The lowest BCUT2D eigenvalue weighted by Gasteiger charge is -2.49. The van der Waals surface area contributed by atoms with Crippen molar-refractivity contribution in [3.05, 3.63) is 46.7 Å². The van der Waals surface area contributed by atoms with Crippen molar-refractivity contribution in [1.82, 2.24) is 24.8 Å². The van der Waals surface area contributed by atoms with E-state index in [2.05, 4.69) is 20.2 Å². The number of benzene rings is 1. The summed E-state index contributed by atoms with van der Waals surface area (Å²) in [6.07, 6.45) is -3.63. The topological polar surface area (TPSA) is 239 Å². The van der Waals surface area contributed by atoms with Crippen molar-refractivity contribution in [3.63, 3.8) is 0 Å². The van der Waals surface area contributed by atoms with Crippen LogP contribution in [0.15, 0.2) is 30.5 Å². The Labute approximate surface area is 415 Å². The third-order valence-corrected chi connectivity index (χ3v) is 15.6. The second-order valence-electron chi connectivity index (χ2n) is 21.6. The fourth-order valence-electron chi connectivity index (χ4n) is 11.0. The molecule has 0 spiro atoms. The summed E-state index contributed by atoms with van der Waals surface area (Å²) in [4.78, 5) is 21.7. The van der Waals surface area contributed by atoms with Gasteiger partial charge in [0.25, 0.3) is 0 Å². The Morgan fingerprint density at radius 3 is 2.29 bits per heavy atom. The maximum absolute atomic E-state index is 14.5. The molecule has 2 aromatic rings. The van der Waals surface area contributed by atoms with Crippen LogP contribution in [0.1, 0.15) is 119 Å². The van der Waals surface area contributed by atoms with Gasteiger partial charge in [-0.2, -0.15) is 0 Å². The summed E-state index contributed by atoms with van der Waals surface area (Å²) in [5, 5.41) is 77.3. The van der Waals surface area contributed by atoms with Crippen LogP contribution in [0.25, 0.3) is 4.98 Å². The van der Waals surface area contributed by atoms with Crippen LogP contribution in [0.4, 0.5) is 5.69 Å². The number of ether oxygens (including phenoxy) is 6. The van der Waals surface area contributed by atoms with Crippen molar-refractivity contribution in [2.75, 3.05) is 34.3 Å². The van der Waals surface area contributed by atoms with Crippen LogP contribution in [-0.4, -0.2) is 181 Å². The Kier molecular flexibility index (Phi) is 20.3. The van der Waals surface area contributed by atoms with E-state index in [0.717, 1.165) is 31.5 Å². The molecule has 0 radical (unpaired) electrons. The zero-order chi connectivity index (χ0) is 51.9. The molecule has 3 fully saturated rings. The number of esters is 1. The van der Waals surface area contributed by atoms with E-state index in [1.54, 1.807) is 53.7 Å². The third kappa shape index (κ3) is 14.1. The standard InChI is InChI=1S/C51H86N7O12/c1-14-40-51(10,64)44(60)34(6)57(12)28-30(2)26-49(8,63)46(32(4)43(33(5)47(62)68-40)69-41-27-50(9,65-13)45(61)35(7)67-41)70-48-42(59)39(25-31(3)66-48)56(11)24-22-38-29-58(55-54-38)23-16-15-17-36-18-20-37(53-52)21-19-36/h18-21,29-35,39-46,48,59-61,63-64H,14-17,22-28H2,1-13H3/q+1/t30-,31-,32+,33-,34-,35+,39+,40-,41+,42-,43+,44-,45+,46-,48+,49-,50-,51-/m1/s1. The zero-order valence-electron chi connectivity index (χ0n) is 44.0. The summed E-state index contributed by atoms with van der Waals surface area (Å²) in [6.45, 7) is 19.3. The van der Waals surface area contributed by atoms with Gasteiger partial charge in [-0.1, -0.05) is 38.1 Å². The molecule has 396 valence electrons. The fourth-order valence-corrected chi connectivity index (χ4v) is 11.0. The predicted molar refractivity (Wildman–Crippen MR) is 261 cm³/mol. The molecule has 1 aromatic heterocycles. The maximum atomic E-state index is 14.5. The number of aliphatic hydroxyl groups is 5. The molecule has 19 nitrogen and oxygen atoms in total. The largest absolute Gasteiger partial charge is 0.459 e. The fraction of sp³-hybridized carbons (Fsp3) is 0.824. The lowest BCUT2D eigenvalue weighted by atomic mass is 9.77. The van der Waals surface area contributed by atoms with Crippen LogP contribution in [0.3, 0.4) is 0 Å². The second kappa shape index (κ2) is 24.7. The first kappa shape index (κ1) is 57.7. The van der Waals surface area contributed by atoms with E-state index in [0.29, 0.717) is 31.6 Å². The molecule has 5 N–H and O–H groups in total. The maximum Gasteiger partial charge on any atom is 0.385 e. The Morgan fingerprint density at radius 1 is 0.957 bits per heavy atom. The molecule has 0 bridgehead atoms. The third-order valence-electron chi connectivity index (χ3n) is 15.6. The van der Waals surface area contributed by atoms with Crippen molar-refractivity contribution >= 4 is 11.7 Å². The number of likely N-dealkylation sites (N-methyl/N-ethyl adjacent to an activating group) is 2. The van der Waals surface area contributed by atoms with E-state index < -0.39 is 102 Å². The highest BCUT2D eigenvalue weighted by atomic mass is 16.7. The molecule has 3 aliphatic rings. The summed E-state index contributed by atoms with van der Waals surface area (Å²) in [7, 11) is 5.29. The van der Waals surface area contributed by atoms with Gasteiger partial charge in [-0.15, -0.1) is 5.10 Å². The summed E-state index contributed by atoms with van der Waals surface area (Å²) >= 11 is 0. The van der Waals surface area contributed by atoms with Gasteiger partial charge >= 0.3 is 11.7 Å². The Morgan fingerprint density at radius 2 is 1.64 bits per heavy atom. The van der Waals surface area contributed by atoms with E-state index in [-0.39, 0.29) is 31.3 Å². The van der Waals surface area contributed by atoms with Crippen molar-refractivity contribution < 1.29 is 58.7 Å². The van der Waals surface area contributed by atoms with Crippen LogP contribution >= 0.6 is 0 Å². The molecule has 0 amide bonds. The number of methoxy groups -OCH3 is 1. The summed E-state index contributed by atoms with van der Waals surface area (Å²) in [5.41, 5.74) is -1.99. The number of aliphatic hydroxyl groups excluding tert-OH is 3. The number of cyclic esters (lactones) is 1. The van der Waals surface area contributed by atoms with Gasteiger partial charge in [0.1, 0.15) is 30.0 Å². The highest BCUT2D eigenvalue weighted by Crippen LogP contribution is 2.40. The van der Waals surface area contributed by atoms with Crippen molar-refractivity contribution in [1.29, 1.82) is 5.39 Å². The van der Waals surface area contributed by atoms with Gasteiger partial charge in [-0.3, -0.25) is 9.48 Å². The monoisotopic (exact) mass is 989 g/mol. The molecular formula is C51H86N7O12+. The van der Waals surface area contributed by atoms with Gasteiger partial charge in [0.15, 0.2) is 17.6 Å². The van der Waals surface area contributed by atoms with Crippen molar-refractivity contribution in [2.45, 2.75) is 217 Å². The molecule has 5 rings (SSSR count). The first-order valence-electron chi connectivity index (χ1n) is 25.5. The lowest BCUT2D eigenvalue weighted by molar-refractivity contribution is -0.318. The lowest BCUT2D eigenvalue weighted by Crippen LogP contribution is -2.61. The number of carbonyl (C=O) groups is 1. The van der Waals surface area contributed by atoms with Crippen LogP contribution in [0.5, 0.6) is 0 Å². The molecule has 1 aromatic carbocycles. The average molecular weight is 989 g/mol. The Balaban J connectivity index is 1.39. The molecule has 70 heavy (non-hydrogen) atoms. The van der Waals surface area contributed by atoms with E-state index in [1.807, 2.05) is 62.8 Å². The number of unbranched alkanes of at least 4 members (excludes halogenated alkanes) is 1. The van der Waals surface area contributed by atoms with Crippen LogP contribution in [0, 0.1) is 23.1 Å². The first-order valence-corrected chi connectivity index (χ1v) is 25.5. The Hall–Kier alpha value is -3.23. The minimum Gasteiger partial charge on any atom is -0.459 e. The van der Waals surface area contributed by atoms with Crippen LogP contribution in [-0.2, 0) is 52.6 Å². The van der Waals surface area contributed by atoms with Crippen molar-refractivity contribution in [2.24, 2.45) is 17.8 Å². The smallest absolute Gasteiger partial charge is 0.385 e. The molecule has 4 heterocycles. The highest BCUT2D eigenvalue weighted by Gasteiger charge is 2.53. The van der Waals surface area contributed by atoms with Gasteiger partial charge in [0, 0.05) is 75.9 Å². The van der Waals surface area contributed by atoms with Gasteiger partial charge in [0.2, 0.25) is 5.39 Å². The zero-order valence-corrected chi connectivity index (χ0v) is 44.0.